The number of nitrogens with zero attached hydrogens (tertiary/aromatic N) is 3. The van der Waals surface area contributed by atoms with Crippen molar-refractivity contribution in [3.63, 3.8) is 0 Å². The number of aromatic amines is 1. The highest BCUT2D eigenvalue weighted by atomic mass is 79.9. The first-order chi connectivity index (χ1) is 9.13. The normalized spacial score (nSPS) is 13.6. The van der Waals surface area contributed by atoms with Crippen molar-refractivity contribution in [2.45, 2.75) is 0 Å². The molecular weight excluding hydrogens is 312 g/mol. The molecule has 0 aliphatic carbocycles. The van der Waals surface area contributed by atoms with E-state index in [0.717, 1.165) is 4.90 Å². The zero-order chi connectivity index (χ0) is 13.6. The van der Waals surface area contributed by atoms with E-state index in [9.17, 15) is 9.59 Å². The van der Waals surface area contributed by atoms with Crippen LogP contribution < -0.4 is 4.90 Å². The molecule has 0 radical (unpaired) electrons. The molecule has 0 unspecified atom stereocenters. The van der Waals surface area contributed by atoms with Crippen LogP contribution >= 0.6 is 15.9 Å². The quantitative estimate of drug-likeness (QED) is 0.813. The molecule has 0 fully saturated rings. The maximum absolute atomic E-state index is 12.3. The Morgan fingerprint density at radius 1 is 1.26 bits per heavy atom. The number of nitrogens with one attached hydrogen (secondary N) is 1. The van der Waals surface area contributed by atoms with Crippen molar-refractivity contribution in [3.05, 3.63) is 45.6 Å². The van der Waals surface area contributed by atoms with E-state index in [1.165, 1.54) is 6.20 Å². The van der Waals surface area contributed by atoms with Crippen molar-refractivity contribution in [3.8, 4) is 6.07 Å². The zero-order valence-electron chi connectivity index (χ0n) is 9.35. The van der Waals surface area contributed by atoms with Gasteiger partial charge in [0.2, 0.25) is 0 Å². The molecule has 2 aromatic rings. The molecule has 0 saturated heterocycles. The summed E-state index contributed by atoms with van der Waals surface area (Å²) in [6.45, 7) is 0. The largest absolute Gasteiger partial charge is 0.268 e. The van der Waals surface area contributed by atoms with Crippen molar-refractivity contribution >= 4 is 33.6 Å². The Morgan fingerprint density at radius 3 is 2.74 bits per heavy atom. The van der Waals surface area contributed by atoms with Gasteiger partial charge in [0.15, 0.2) is 5.82 Å². The summed E-state index contributed by atoms with van der Waals surface area (Å²) in [5.74, 6) is -0.833. The number of imide groups is 1. The highest BCUT2D eigenvalue weighted by Crippen LogP contribution is 2.30. The number of halogens is 1. The SMILES string of the molecule is N#Cc1cn[nH]c1N1C(=O)c2ccc(Br)cc2C1=O. The molecule has 7 heteroatoms. The number of hydrogen-bond donors (Lipinski definition) is 1. The summed E-state index contributed by atoms with van der Waals surface area (Å²) in [6.07, 6.45) is 1.27. The number of anilines is 1. The molecule has 0 bridgehead atoms. The topological polar surface area (TPSA) is 89.8 Å². The number of nitriles is 1. The van der Waals surface area contributed by atoms with Gasteiger partial charge in [-0.2, -0.15) is 10.4 Å². The molecule has 1 N–H and O–H groups in total. The van der Waals surface area contributed by atoms with E-state index in [1.807, 2.05) is 6.07 Å². The minimum Gasteiger partial charge on any atom is -0.268 e. The highest BCUT2D eigenvalue weighted by molar-refractivity contribution is 9.10. The lowest BCUT2D eigenvalue weighted by Crippen LogP contribution is -2.30. The van der Waals surface area contributed by atoms with Gasteiger partial charge in [0.05, 0.1) is 17.3 Å². The molecule has 3 rings (SSSR count). The van der Waals surface area contributed by atoms with Crippen LogP contribution in [0.1, 0.15) is 26.3 Å². The van der Waals surface area contributed by atoms with Crippen LogP contribution in [-0.4, -0.2) is 22.0 Å². The fourth-order valence-corrected chi connectivity index (χ4v) is 2.31. The van der Waals surface area contributed by atoms with Crippen molar-refractivity contribution < 1.29 is 9.59 Å². The highest BCUT2D eigenvalue weighted by Gasteiger charge is 2.38. The van der Waals surface area contributed by atoms with Gasteiger partial charge in [-0.25, -0.2) is 4.90 Å². The zero-order valence-corrected chi connectivity index (χ0v) is 10.9. The van der Waals surface area contributed by atoms with Crippen LogP contribution in [-0.2, 0) is 0 Å². The Bertz CT molecular complexity index is 759. The van der Waals surface area contributed by atoms with Crippen LogP contribution in [0.2, 0.25) is 0 Å². The van der Waals surface area contributed by atoms with Crippen LogP contribution in [0.5, 0.6) is 0 Å². The van der Waals surface area contributed by atoms with Gasteiger partial charge >= 0.3 is 0 Å². The van der Waals surface area contributed by atoms with Crippen LogP contribution in [0.3, 0.4) is 0 Å². The minimum atomic E-state index is -0.470. The van der Waals surface area contributed by atoms with Gasteiger partial charge in [-0.05, 0) is 18.2 Å². The standard InChI is InChI=1S/C12H5BrN4O2/c13-7-1-2-8-9(3-7)12(19)17(11(8)18)10-6(4-14)5-15-16-10/h1-3,5H,(H,15,16). The van der Waals surface area contributed by atoms with Gasteiger partial charge < -0.3 is 0 Å². The average molecular weight is 317 g/mol. The van der Waals surface area contributed by atoms with Gasteiger partial charge in [0.1, 0.15) is 11.6 Å². The summed E-state index contributed by atoms with van der Waals surface area (Å²) in [5.41, 5.74) is 0.762. The Balaban J connectivity index is 2.16. The predicted octanol–water partition coefficient (Wildman–Crippen LogP) is 1.84. The van der Waals surface area contributed by atoms with Crippen LogP contribution in [0.15, 0.2) is 28.9 Å². The van der Waals surface area contributed by atoms with Gasteiger partial charge in [0, 0.05) is 4.47 Å². The van der Waals surface area contributed by atoms with E-state index in [0.29, 0.717) is 15.6 Å². The average Bonchev–Trinajstić information content (AvgIpc) is 2.94. The number of rotatable bonds is 1. The lowest BCUT2D eigenvalue weighted by molar-refractivity contribution is 0.0925. The number of hydrogen-bond acceptors (Lipinski definition) is 4. The molecule has 0 saturated carbocycles. The number of fused-ring (bicyclic) bond motifs is 1. The fourth-order valence-electron chi connectivity index (χ4n) is 1.95. The second-order valence-corrected chi connectivity index (χ2v) is 4.80. The molecule has 92 valence electrons. The lowest BCUT2D eigenvalue weighted by Gasteiger charge is -2.10. The van der Waals surface area contributed by atoms with E-state index in [4.69, 9.17) is 5.26 Å². The molecule has 2 amide bonds. The summed E-state index contributed by atoms with van der Waals surface area (Å²) in [4.78, 5) is 25.4. The van der Waals surface area contributed by atoms with Crippen molar-refractivity contribution in [1.82, 2.24) is 10.2 Å². The van der Waals surface area contributed by atoms with E-state index >= 15 is 0 Å². The third kappa shape index (κ3) is 1.57. The molecule has 0 atom stereocenters. The maximum Gasteiger partial charge on any atom is 0.267 e. The first-order valence-corrected chi connectivity index (χ1v) is 6.04. The summed E-state index contributed by atoms with van der Waals surface area (Å²) in [7, 11) is 0. The second-order valence-electron chi connectivity index (χ2n) is 3.88. The summed E-state index contributed by atoms with van der Waals surface area (Å²) in [5, 5.41) is 15.1. The number of carbonyl (C=O) groups is 2. The van der Waals surface area contributed by atoms with E-state index in [-0.39, 0.29) is 11.4 Å². The summed E-state index contributed by atoms with van der Waals surface area (Å²) < 4.78 is 0.708. The molecule has 19 heavy (non-hydrogen) atoms. The van der Waals surface area contributed by atoms with Crippen molar-refractivity contribution in [1.29, 1.82) is 5.26 Å². The maximum atomic E-state index is 12.3. The predicted molar refractivity (Wildman–Crippen MR) is 68.6 cm³/mol. The Labute approximate surface area is 115 Å². The minimum absolute atomic E-state index is 0.102. The fraction of sp³-hybridized carbons (Fsp3) is 0. The smallest absolute Gasteiger partial charge is 0.267 e. The molecule has 6 nitrogen and oxygen atoms in total. The van der Waals surface area contributed by atoms with Gasteiger partial charge in [-0.15, -0.1) is 0 Å². The van der Waals surface area contributed by atoms with Gasteiger partial charge in [0.25, 0.3) is 11.8 Å². The van der Waals surface area contributed by atoms with Crippen LogP contribution in [0.25, 0.3) is 0 Å². The first kappa shape index (κ1) is 11.6. The molecule has 0 spiro atoms. The van der Waals surface area contributed by atoms with Gasteiger partial charge in [-0.3, -0.25) is 14.7 Å². The Morgan fingerprint density at radius 2 is 2.00 bits per heavy atom. The third-order valence-corrected chi connectivity index (χ3v) is 3.31. The molecule has 1 aromatic heterocycles. The molecular formula is C12H5BrN4O2. The van der Waals surface area contributed by atoms with Crippen molar-refractivity contribution in [2.75, 3.05) is 4.90 Å². The van der Waals surface area contributed by atoms with E-state index < -0.39 is 11.8 Å². The lowest BCUT2D eigenvalue weighted by atomic mass is 10.1. The van der Waals surface area contributed by atoms with Gasteiger partial charge in [-0.1, -0.05) is 15.9 Å². The summed E-state index contributed by atoms with van der Waals surface area (Å²) >= 11 is 3.25. The molecule has 1 aliphatic rings. The monoisotopic (exact) mass is 316 g/mol. The van der Waals surface area contributed by atoms with E-state index in [2.05, 4.69) is 26.1 Å². The van der Waals surface area contributed by atoms with Crippen molar-refractivity contribution in [2.24, 2.45) is 0 Å². The third-order valence-electron chi connectivity index (χ3n) is 2.81. The number of amides is 2. The molecule has 2 heterocycles. The van der Waals surface area contributed by atoms with Crippen LogP contribution in [0, 0.1) is 11.3 Å². The Kier molecular flexibility index (Phi) is 2.47. The van der Waals surface area contributed by atoms with E-state index in [1.54, 1.807) is 18.2 Å². The Hall–Kier alpha value is -2.46. The number of aromatic nitrogens is 2. The van der Waals surface area contributed by atoms with Crippen LogP contribution in [0.4, 0.5) is 5.82 Å². The molecule has 1 aromatic carbocycles. The molecule has 1 aliphatic heterocycles. The second kappa shape index (κ2) is 4.03. The number of benzene rings is 1. The summed E-state index contributed by atoms with van der Waals surface area (Å²) in [6, 6.07) is 6.72. The number of carbonyl (C=O) groups excluding carboxylic acids is 2. The number of H-pyrrole nitrogens is 1. The first-order valence-electron chi connectivity index (χ1n) is 5.25.